The Morgan fingerprint density at radius 1 is 0.724 bits per heavy atom. The number of halogens is 4. The van der Waals surface area contributed by atoms with Crippen LogP contribution in [0.4, 0.5) is 8.78 Å². The van der Waals surface area contributed by atoms with E-state index in [0.29, 0.717) is 31.8 Å². The molecule has 6 rings (SSSR count). The van der Waals surface area contributed by atoms with Gasteiger partial charge in [0.25, 0.3) is 0 Å². The number of ketones is 1. The number of rotatable bonds is 7. The third-order valence-electron chi connectivity index (χ3n) is 9.70. The lowest BCUT2D eigenvalue weighted by Crippen LogP contribution is -2.43. The predicted molar refractivity (Wildman–Crippen MR) is 216 cm³/mol. The Bertz CT molecular complexity index is 2820. The molecule has 0 fully saturated rings. The predicted octanol–water partition coefficient (Wildman–Crippen LogP) is 4.17. The minimum Gasteiger partial charge on any atom is -0.399 e. The first-order valence-corrected chi connectivity index (χ1v) is 18.4. The summed E-state index contributed by atoms with van der Waals surface area (Å²) in [6.07, 6.45) is 0.376. The Kier molecular flexibility index (Phi) is 12.1. The fourth-order valence-electron chi connectivity index (χ4n) is 5.80. The van der Waals surface area contributed by atoms with E-state index in [1.165, 1.54) is 54.4 Å². The van der Waals surface area contributed by atoms with Gasteiger partial charge in [0.1, 0.15) is 24.5 Å². The molecular weight excluding hydrogens is 847 g/mol. The summed E-state index contributed by atoms with van der Waals surface area (Å²) in [4.78, 5) is 77.8. The minimum absolute atomic E-state index is 0.00513. The number of carbonyl (C=O) groups is 1. The largest absolute Gasteiger partial charge is 0.399 e. The van der Waals surface area contributed by atoms with Gasteiger partial charge in [-0.05, 0) is 76.4 Å². The molecule has 2 aliphatic heterocycles. The molecule has 0 saturated carbocycles. The Labute approximate surface area is 347 Å². The summed E-state index contributed by atoms with van der Waals surface area (Å²) in [5.74, 6) is -1.96. The maximum Gasteiger partial charge on any atom is 0.338 e. The summed E-state index contributed by atoms with van der Waals surface area (Å²) in [5.41, 5.74) is -3.98. The van der Waals surface area contributed by atoms with Crippen molar-refractivity contribution in [3.8, 4) is 11.4 Å². The fraction of sp³-hybridized carbons (Fsp3) is 0.371. The van der Waals surface area contributed by atoms with Crippen molar-refractivity contribution in [1.29, 1.82) is 0 Å². The molecule has 2 unspecified atom stereocenters. The topological polar surface area (TPSA) is 180 Å². The summed E-state index contributed by atoms with van der Waals surface area (Å²) < 4.78 is 35.0. The van der Waals surface area contributed by atoms with Crippen molar-refractivity contribution in [3.05, 3.63) is 109 Å². The zero-order chi connectivity index (χ0) is 43.3. The van der Waals surface area contributed by atoms with Gasteiger partial charge >= 0.3 is 22.8 Å². The van der Waals surface area contributed by atoms with Crippen LogP contribution in [-0.2, 0) is 47.5 Å². The molecule has 2 atom stereocenters. The van der Waals surface area contributed by atoms with Crippen molar-refractivity contribution >= 4 is 70.6 Å². The first-order chi connectivity index (χ1) is 27.0. The van der Waals surface area contributed by atoms with Gasteiger partial charge in [-0.2, -0.15) is 0 Å². The van der Waals surface area contributed by atoms with Gasteiger partial charge in [0.2, 0.25) is 0 Å². The van der Waals surface area contributed by atoms with Crippen molar-refractivity contribution in [2.75, 3.05) is 7.11 Å². The van der Waals surface area contributed by atoms with E-state index >= 15 is 0 Å². The first-order valence-electron chi connectivity index (χ1n) is 16.9. The van der Waals surface area contributed by atoms with Gasteiger partial charge in [-0.3, -0.25) is 23.1 Å². The Morgan fingerprint density at radius 3 is 1.40 bits per heavy atom. The molecule has 17 nitrogen and oxygen atoms in total. The summed E-state index contributed by atoms with van der Waals surface area (Å²) in [7, 11) is 6.96. The van der Waals surface area contributed by atoms with Crippen LogP contribution in [0.1, 0.15) is 51.7 Å². The van der Waals surface area contributed by atoms with Crippen molar-refractivity contribution in [2.24, 2.45) is 43.7 Å². The van der Waals surface area contributed by atoms with Crippen LogP contribution in [0.15, 0.2) is 58.9 Å². The molecule has 23 heteroatoms. The minimum atomic E-state index is -1.16. The van der Waals surface area contributed by atoms with Crippen LogP contribution in [0, 0.1) is 21.2 Å². The summed E-state index contributed by atoms with van der Waals surface area (Å²) >= 11 is 22.5. The van der Waals surface area contributed by atoms with E-state index in [1.807, 2.05) is 0 Å². The van der Waals surface area contributed by atoms with Crippen LogP contribution >= 0.6 is 47.6 Å². The van der Waals surface area contributed by atoms with Crippen LogP contribution in [0.2, 0.25) is 10.0 Å². The highest BCUT2D eigenvalue weighted by molar-refractivity contribution is 7.71. The van der Waals surface area contributed by atoms with E-state index < -0.39 is 45.6 Å². The molecular formula is C35H35Cl2F2N9O8S2. The highest BCUT2D eigenvalue weighted by atomic mass is 35.5. The van der Waals surface area contributed by atoms with Crippen LogP contribution in [0.5, 0.6) is 0 Å². The fourth-order valence-corrected chi connectivity index (χ4v) is 6.63. The molecule has 0 N–H and O–H groups in total. The van der Waals surface area contributed by atoms with Crippen LogP contribution < -0.4 is 22.8 Å². The maximum atomic E-state index is 14.8. The van der Waals surface area contributed by atoms with Crippen LogP contribution in [0.25, 0.3) is 11.4 Å². The highest BCUT2D eigenvalue weighted by Gasteiger charge is 2.41. The van der Waals surface area contributed by atoms with Gasteiger partial charge in [-0.25, -0.2) is 37.1 Å². The summed E-state index contributed by atoms with van der Waals surface area (Å²) in [6.45, 7) is 6.43. The molecule has 2 aromatic heterocycles. The van der Waals surface area contributed by atoms with Gasteiger partial charge in [0.05, 0.1) is 32.8 Å². The molecule has 58 heavy (non-hydrogen) atoms. The van der Waals surface area contributed by atoms with E-state index in [0.717, 1.165) is 30.4 Å². The van der Waals surface area contributed by atoms with E-state index in [4.69, 9.17) is 62.2 Å². The second-order valence-electron chi connectivity index (χ2n) is 13.7. The van der Waals surface area contributed by atoms with Crippen molar-refractivity contribution in [2.45, 2.75) is 51.7 Å². The molecule has 308 valence electrons. The number of hydrogen-bond donors (Lipinski definition) is 0. The molecule has 0 saturated heterocycles. The Morgan fingerprint density at radius 2 is 1.07 bits per heavy atom. The third-order valence-corrected chi connectivity index (χ3v) is 11.4. The Balaban J connectivity index is 0.000000221. The second-order valence-corrected chi connectivity index (χ2v) is 15.2. The molecule has 4 aromatic rings. The van der Waals surface area contributed by atoms with Gasteiger partial charge in [0.15, 0.2) is 26.5 Å². The lowest BCUT2D eigenvalue weighted by atomic mass is 9.92. The maximum absolute atomic E-state index is 14.8. The quantitative estimate of drug-likeness (QED) is 0.149. The zero-order valence-electron chi connectivity index (χ0n) is 32.3. The number of aromatic nitrogens is 6. The van der Waals surface area contributed by atoms with E-state index in [9.17, 15) is 32.8 Å². The monoisotopic (exact) mass is 881 g/mol. The molecule has 0 radical (unpaired) electrons. The molecule has 4 heterocycles. The average Bonchev–Trinajstić information content (AvgIpc) is 3.78. The number of oxime groups is 3. The van der Waals surface area contributed by atoms with Crippen molar-refractivity contribution in [3.63, 3.8) is 0 Å². The molecule has 2 aromatic carbocycles. The normalized spacial score (nSPS) is 18.8. The van der Waals surface area contributed by atoms with Gasteiger partial charge in [-0.1, -0.05) is 38.7 Å². The molecule has 0 aliphatic carbocycles. The van der Waals surface area contributed by atoms with Crippen molar-refractivity contribution < 1.29 is 28.1 Å². The number of Topliss-reactive ketones (excluding diaryl/α,β-unsaturated/α-hetero) is 1. The van der Waals surface area contributed by atoms with Gasteiger partial charge < -0.3 is 14.5 Å². The molecule has 0 amide bonds. The van der Waals surface area contributed by atoms with E-state index in [2.05, 4.69) is 15.5 Å². The molecule has 2 aliphatic rings. The lowest BCUT2D eigenvalue weighted by molar-refractivity contribution is -0.136. The number of nitrogens with zero attached hydrogens (tertiary/aromatic N) is 9. The SMILES string of the molecule is CC(=O)C1(C)CC(c2cc(-n3c(=O)n(C)c(=S)n(C)c3=O)c(F)cc2Cl)=NO1.CO/N=C(\C)C1(C)CC(c2cc(-n3c(=O)n(C)c(=S)n(C)c3=O)c(F)cc2Cl)=NO1. The number of carbonyl (C=O) groups excluding carboxylic acids is 1. The van der Waals surface area contributed by atoms with E-state index in [-0.39, 0.29) is 55.2 Å². The summed E-state index contributed by atoms with van der Waals surface area (Å²) in [6, 6.07) is 4.53. The van der Waals surface area contributed by atoms with Gasteiger partial charge in [0, 0.05) is 52.2 Å². The number of benzene rings is 2. The highest BCUT2D eigenvalue weighted by Crippen LogP contribution is 2.33. The smallest absolute Gasteiger partial charge is 0.338 e. The second kappa shape index (κ2) is 16.1. The van der Waals surface area contributed by atoms with Crippen molar-refractivity contribution in [1.82, 2.24) is 27.4 Å². The number of hydrogen-bond acceptors (Lipinski definition) is 13. The Hall–Kier alpha value is -5.38. The van der Waals surface area contributed by atoms with Gasteiger partial charge in [-0.15, -0.1) is 0 Å². The first kappa shape index (κ1) is 43.7. The standard InChI is InChI=1S/C18H19ClFN5O4S.C17H16ClFN4O4S/c1-9(21-28-5)18(2)8-13(22-29-18)10-6-14(12(20)7-11(10)19)25-15(26)23(3)17(30)24(4)16(25)27;1-8(24)17(2)7-12(20-27-17)9-5-13(11(19)6-10(9)18)23-14(25)21(3)16(28)22(4)15(23)26/h6-7H,8H2,1-5H3;5-6H,7H2,1-4H3/b21-9+;. The molecule has 0 spiro atoms. The third kappa shape index (κ3) is 7.65. The van der Waals surface area contributed by atoms with Crippen LogP contribution in [-0.4, -0.2) is 68.6 Å². The lowest BCUT2D eigenvalue weighted by Gasteiger charge is -2.20. The summed E-state index contributed by atoms with van der Waals surface area (Å²) in [5, 5.41) is 11.9. The average molecular weight is 883 g/mol. The molecule has 0 bridgehead atoms. The van der Waals surface area contributed by atoms with E-state index in [1.54, 1.807) is 20.8 Å². The van der Waals surface area contributed by atoms with Crippen LogP contribution in [0.3, 0.4) is 0 Å². The zero-order valence-corrected chi connectivity index (χ0v) is 35.5.